The average Bonchev–Trinajstić information content (AvgIpc) is 3.57. The minimum Gasteiger partial charge on any atom is -0.341 e. The van der Waals surface area contributed by atoms with Crippen LogP contribution in [0.25, 0.3) is 10.8 Å². The third kappa shape index (κ3) is 4.57. The molecular formula is C23H21N3O4. The molecule has 30 heavy (non-hydrogen) atoms. The largest absolute Gasteiger partial charge is 0.341 e. The minimum absolute atomic E-state index is 0.175. The summed E-state index contributed by atoms with van der Waals surface area (Å²) in [4.78, 5) is 40.7. The van der Waals surface area contributed by atoms with Crippen LogP contribution in [0, 0.1) is 0 Å². The van der Waals surface area contributed by atoms with E-state index in [0.29, 0.717) is 17.3 Å². The lowest BCUT2D eigenvalue weighted by Crippen LogP contribution is -2.28. The van der Waals surface area contributed by atoms with Crippen LogP contribution in [0.5, 0.6) is 0 Å². The molecule has 0 radical (unpaired) electrons. The first kappa shape index (κ1) is 19.4. The Morgan fingerprint density at radius 1 is 0.900 bits per heavy atom. The predicted molar refractivity (Wildman–Crippen MR) is 114 cm³/mol. The maximum Gasteiger partial charge on any atom is 0.329 e. The molecule has 7 nitrogen and oxygen atoms in total. The molecule has 0 saturated heterocycles. The minimum atomic E-state index is -0.647. The summed E-state index contributed by atoms with van der Waals surface area (Å²) in [6, 6.07) is 18.1. The van der Waals surface area contributed by atoms with Gasteiger partial charge in [-0.25, -0.2) is 4.79 Å². The summed E-state index contributed by atoms with van der Waals surface area (Å²) in [6.07, 6.45) is 2.43. The van der Waals surface area contributed by atoms with Crippen LogP contribution in [0.3, 0.4) is 0 Å². The lowest BCUT2D eigenvalue weighted by molar-refractivity contribution is -0.146. The number of amides is 3. The van der Waals surface area contributed by atoms with Crippen molar-refractivity contribution in [2.45, 2.75) is 25.7 Å². The quantitative estimate of drug-likeness (QED) is 0.556. The average molecular weight is 403 g/mol. The molecule has 4 rings (SSSR count). The van der Waals surface area contributed by atoms with Crippen LogP contribution in [0.2, 0.25) is 0 Å². The zero-order valence-electron chi connectivity index (χ0n) is 16.4. The molecule has 1 aliphatic rings. The standard InChI is InChI=1S/C23H21N3O4/c1-14(27)30-26-22(28)20-12-17-4-2-3-5-18(17)13-21(20)25-23(29)24-19-10-8-16(9-11-19)15-6-7-15/h2-5,8-13,15H,6-7H2,1H3,(H,26,28)(H2,24,25,29). The van der Waals surface area contributed by atoms with Gasteiger partial charge in [-0.3, -0.25) is 9.59 Å². The summed E-state index contributed by atoms with van der Waals surface area (Å²) in [6.45, 7) is 1.18. The molecule has 0 unspecified atom stereocenters. The smallest absolute Gasteiger partial charge is 0.329 e. The van der Waals surface area contributed by atoms with Gasteiger partial charge in [0.25, 0.3) is 5.91 Å². The van der Waals surface area contributed by atoms with E-state index in [4.69, 9.17) is 0 Å². The molecule has 0 aliphatic heterocycles. The monoisotopic (exact) mass is 403 g/mol. The maximum atomic E-state index is 12.6. The fourth-order valence-corrected chi connectivity index (χ4v) is 3.24. The highest BCUT2D eigenvalue weighted by molar-refractivity contribution is 6.09. The Morgan fingerprint density at radius 3 is 2.20 bits per heavy atom. The van der Waals surface area contributed by atoms with Gasteiger partial charge >= 0.3 is 12.0 Å². The molecule has 3 N–H and O–H groups in total. The first-order chi connectivity index (χ1) is 14.5. The Kier molecular flexibility index (Phi) is 5.34. The van der Waals surface area contributed by atoms with Crippen molar-refractivity contribution in [3.8, 4) is 0 Å². The molecule has 3 aromatic carbocycles. The third-order valence-corrected chi connectivity index (χ3v) is 4.88. The van der Waals surface area contributed by atoms with Crippen molar-refractivity contribution in [1.82, 2.24) is 5.48 Å². The fraction of sp³-hybridized carbons (Fsp3) is 0.174. The van der Waals surface area contributed by atoms with Crippen LogP contribution in [0.4, 0.5) is 16.2 Å². The van der Waals surface area contributed by atoms with Gasteiger partial charge < -0.3 is 15.5 Å². The first-order valence-electron chi connectivity index (χ1n) is 9.68. The van der Waals surface area contributed by atoms with E-state index >= 15 is 0 Å². The molecule has 1 aliphatic carbocycles. The maximum absolute atomic E-state index is 12.6. The molecule has 3 aromatic rings. The van der Waals surface area contributed by atoms with Gasteiger partial charge in [0.15, 0.2) is 0 Å². The Labute approximate surface area is 173 Å². The van der Waals surface area contributed by atoms with Crippen LogP contribution in [-0.4, -0.2) is 17.9 Å². The second kappa shape index (κ2) is 8.24. The Morgan fingerprint density at radius 2 is 1.57 bits per heavy atom. The number of hydrogen-bond acceptors (Lipinski definition) is 4. The SMILES string of the molecule is CC(=O)ONC(=O)c1cc2ccccc2cc1NC(=O)Nc1ccc(C2CC2)cc1. The lowest BCUT2D eigenvalue weighted by atomic mass is 10.0. The van der Waals surface area contributed by atoms with Crippen molar-refractivity contribution in [2.75, 3.05) is 10.6 Å². The van der Waals surface area contributed by atoms with Gasteiger partial charge in [-0.2, -0.15) is 5.48 Å². The number of benzene rings is 3. The topological polar surface area (TPSA) is 96.5 Å². The Balaban J connectivity index is 1.54. The van der Waals surface area contributed by atoms with Gasteiger partial charge in [-0.05, 0) is 59.4 Å². The van der Waals surface area contributed by atoms with E-state index in [1.54, 1.807) is 12.1 Å². The van der Waals surface area contributed by atoms with Gasteiger partial charge in [-0.15, -0.1) is 0 Å². The van der Waals surface area contributed by atoms with Crippen LogP contribution in [-0.2, 0) is 9.63 Å². The number of urea groups is 1. The molecule has 0 aromatic heterocycles. The third-order valence-electron chi connectivity index (χ3n) is 4.88. The molecule has 0 spiro atoms. The van der Waals surface area contributed by atoms with Gasteiger partial charge in [0.05, 0.1) is 11.3 Å². The number of fused-ring (bicyclic) bond motifs is 1. The molecule has 1 fully saturated rings. The van der Waals surface area contributed by atoms with Crippen molar-refractivity contribution in [3.63, 3.8) is 0 Å². The van der Waals surface area contributed by atoms with E-state index in [2.05, 4.69) is 21.0 Å². The highest BCUT2D eigenvalue weighted by Gasteiger charge is 2.23. The summed E-state index contributed by atoms with van der Waals surface area (Å²) in [5.41, 5.74) is 4.49. The summed E-state index contributed by atoms with van der Waals surface area (Å²) in [7, 11) is 0. The van der Waals surface area contributed by atoms with E-state index in [9.17, 15) is 14.4 Å². The predicted octanol–water partition coefficient (Wildman–Crippen LogP) is 4.57. The van der Waals surface area contributed by atoms with Crippen LogP contribution in [0.1, 0.15) is 41.6 Å². The lowest BCUT2D eigenvalue weighted by Gasteiger charge is -2.14. The van der Waals surface area contributed by atoms with Crippen LogP contribution < -0.4 is 16.1 Å². The number of carbonyl (C=O) groups is 3. The number of hydroxylamine groups is 1. The van der Waals surface area contributed by atoms with E-state index in [-0.39, 0.29) is 5.56 Å². The summed E-state index contributed by atoms with van der Waals surface area (Å²) < 4.78 is 0. The highest BCUT2D eigenvalue weighted by Crippen LogP contribution is 2.40. The molecule has 3 amide bonds. The second-order valence-corrected chi connectivity index (χ2v) is 7.25. The number of nitrogens with one attached hydrogen (secondary N) is 3. The normalized spacial score (nSPS) is 12.8. The molecule has 0 heterocycles. The molecule has 0 bridgehead atoms. The van der Waals surface area contributed by atoms with Gasteiger partial charge in [0, 0.05) is 12.6 Å². The fourth-order valence-electron chi connectivity index (χ4n) is 3.24. The van der Waals surface area contributed by atoms with Crippen molar-refractivity contribution in [2.24, 2.45) is 0 Å². The zero-order valence-corrected chi connectivity index (χ0v) is 16.4. The number of hydrogen-bond donors (Lipinski definition) is 3. The summed E-state index contributed by atoms with van der Waals surface area (Å²) in [5, 5.41) is 7.16. The molecule has 7 heteroatoms. The summed E-state index contributed by atoms with van der Waals surface area (Å²) >= 11 is 0. The number of rotatable bonds is 4. The zero-order chi connectivity index (χ0) is 21.1. The van der Waals surface area contributed by atoms with Crippen molar-refractivity contribution in [1.29, 1.82) is 0 Å². The van der Waals surface area contributed by atoms with E-state index in [1.807, 2.05) is 48.5 Å². The molecule has 152 valence electrons. The Hall–Kier alpha value is -3.87. The summed E-state index contributed by atoms with van der Waals surface area (Å²) in [5.74, 6) is -0.644. The van der Waals surface area contributed by atoms with Gasteiger partial charge in [-0.1, -0.05) is 36.4 Å². The van der Waals surface area contributed by atoms with E-state index in [1.165, 1.54) is 25.3 Å². The molecule has 1 saturated carbocycles. The van der Waals surface area contributed by atoms with E-state index in [0.717, 1.165) is 10.8 Å². The number of carbonyl (C=O) groups excluding carboxylic acids is 3. The molecule has 0 atom stereocenters. The van der Waals surface area contributed by atoms with Crippen molar-refractivity contribution < 1.29 is 19.2 Å². The Bertz CT molecular complexity index is 1120. The van der Waals surface area contributed by atoms with Crippen molar-refractivity contribution >= 4 is 40.1 Å². The molecular weight excluding hydrogens is 382 g/mol. The second-order valence-electron chi connectivity index (χ2n) is 7.25. The van der Waals surface area contributed by atoms with Gasteiger partial charge in [0.2, 0.25) is 0 Å². The van der Waals surface area contributed by atoms with Crippen molar-refractivity contribution in [3.05, 3.63) is 71.8 Å². The number of anilines is 2. The first-order valence-corrected chi connectivity index (χ1v) is 9.68. The van der Waals surface area contributed by atoms with E-state index < -0.39 is 17.9 Å². The van der Waals surface area contributed by atoms with Gasteiger partial charge in [0.1, 0.15) is 0 Å². The highest BCUT2D eigenvalue weighted by atomic mass is 16.7. The van der Waals surface area contributed by atoms with Crippen LogP contribution in [0.15, 0.2) is 60.7 Å². The van der Waals surface area contributed by atoms with Crippen LogP contribution >= 0.6 is 0 Å².